The summed E-state index contributed by atoms with van der Waals surface area (Å²) in [5.41, 5.74) is 0.907. The van der Waals surface area contributed by atoms with Crippen LogP contribution < -0.4 is 10.1 Å². The number of carboxylic acid groups (broad SMARTS) is 1. The van der Waals surface area contributed by atoms with Crippen molar-refractivity contribution in [2.75, 3.05) is 13.7 Å². The molecule has 1 unspecified atom stereocenters. The number of ether oxygens (including phenoxy) is 2. The molecule has 0 spiro atoms. The van der Waals surface area contributed by atoms with E-state index >= 15 is 0 Å². The molecule has 0 saturated carbocycles. The second kappa shape index (κ2) is 7.97. The number of methoxy groups -OCH3 is 1. The van der Waals surface area contributed by atoms with Gasteiger partial charge in [-0.3, -0.25) is 4.79 Å². The van der Waals surface area contributed by atoms with Gasteiger partial charge in [-0.1, -0.05) is 6.07 Å². The number of aliphatic carboxylic acids is 1. The molecule has 0 aliphatic carbocycles. The van der Waals surface area contributed by atoms with Gasteiger partial charge in [-0.15, -0.1) is 0 Å². The summed E-state index contributed by atoms with van der Waals surface area (Å²) in [6, 6.07) is 3.98. The van der Waals surface area contributed by atoms with Crippen molar-refractivity contribution in [3.05, 3.63) is 29.3 Å². The molecule has 0 radical (unpaired) electrons. The monoisotopic (exact) mass is 323 g/mol. The van der Waals surface area contributed by atoms with Gasteiger partial charge in [-0.05, 0) is 45.4 Å². The maximum atomic E-state index is 12.2. The first-order valence-electron chi connectivity index (χ1n) is 7.46. The number of benzene rings is 1. The van der Waals surface area contributed by atoms with Gasteiger partial charge in [0.1, 0.15) is 11.8 Å². The van der Waals surface area contributed by atoms with Gasteiger partial charge in [0.2, 0.25) is 0 Å². The summed E-state index contributed by atoms with van der Waals surface area (Å²) in [5, 5.41) is 11.8. The van der Waals surface area contributed by atoms with Crippen molar-refractivity contribution < 1.29 is 24.2 Å². The van der Waals surface area contributed by atoms with E-state index in [0.717, 1.165) is 5.56 Å². The van der Waals surface area contributed by atoms with Crippen LogP contribution in [0.25, 0.3) is 0 Å². The second-order valence-corrected chi connectivity index (χ2v) is 6.30. The van der Waals surface area contributed by atoms with Gasteiger partial charge in [0.25, 0.3) is 5.91 Å². The van der Waals surface area contributed by atoms with Crippen LogP contribution in [0.3, 0.4) is 0 Å². The fraction of sp³-hybridized carbons (Fsp3) is 0.529. The Morgan fingerprint density at radius 2 is 1.96 bits per heavy atom. The van der Waals surface area contributed by atoms with Crippen LogP contribution in [0.1, 0.15) is 43.1 Å². The number of rotatable bonds is 7. The number of carbonyl (C=O) groups excluding carboxylic acids is 1. The Kier molecular flexibility index (Phi) is 6.57. The molecule has 2 N–H and O–H groups in total. The highest BCUT2D eigenvalue weighted by Crippen LogP contribution is 2.19. The third kappa shape index (κ3) is 6.28. The van der Waals surface area contributed by atoms with Crippen LogP contribution in [0.5, 0.6) is 5.75 Å². The smallest absolute Gasteiger partial charge is 0.326 e. The largest absolute Gasteiger partial charge is 0.496 e. The topological polar surface area (TPSA) is 84.9 Å². The van der Waals surface area contributed by atoms with Crippen LogP contribution in [-0.2, 0) is 9.53 Å². The van der Waals surface area contributed by atoms with Gasteiger partial charge >= 0.3 is 5.97 Å². The van der Waals surface area contributed by atoms with E-state index in [1.165, 1.54) is 7.11 Å². The van der Waals surface area contributed by atoms with E-state index in [2.05, 4.69) is 5.32 Å². The summed E-state index contributed by atoms with van der Waals surface area (Å²) < 4.78 is 10.7. The van der Waals surface area contributed by atoms with Crippen LogP contribution >= 0.6 is 0 Å². The highest BCUT2D eigenvalue weighted by atomic mass is 16.5. The molecule has 1 amide bonds. The van der Waals surface area contributed by atoms with Crippen molar-refractivity contribution in [3.63, 3.8) is 0 Å². The molecule has 1 atom stereocenters. The van der Waals surface area contributed by atoms with E-state index in [0.29, 0.717) is 11.3 Å². The molecule has 1 rings (SSSR count). The summed E-state index contributed by atoms with van der Waals surface area (Å²) >= 11 is 0. The fourth-order valence-corrected chi connectivity index (χ4v) is 1.94. The molecule has 23 heavy (non-hydrogen) atoms. The van der Waals surface area contributed by atoms with E-state index in [4.69, 9.17) is 9.47 Å². The highest BCUT2D eigenvalue weighted by molar-refractivity contribution is 5.97. The molecule has 6 heteroatoms. The second-order valence-electron chi connectivity index (χ2n) is 6.30. The molecule has 0 heterocycles. The maximum absolute atomic E-state index is 12.2. The summed E-state index contributed by atoms with van der Waals surface area (Å²) in [6.07, 6.45) is 0.196. The lowest BCUT2D eigenvalue weighted by Crippen LogP contribution is -2.42. The normalized spacial score (nSPS) is 12.6. The number of amides is 1. The number of carboxylic acids is 1. The Balaban J connectivity index is 2.72. The Labute approximate surface area is 136 Å². The molecule has 0 aliphatic rings. The SMILES string of the molecule is COc1cc(C(=O)NC(CCOC(C)(C)C)C(=O)O)ccc1C. The Bertz CT molecular complexity index is 563. The van der Waals surface area contributed by atoms with Gasteiger partial charge in [-0.2, -0.15) is 0 Å². The molecular weight excluding hydrogens is 298 g/mol. The first kappa shape index (κ1) is 19.0. The highest BCUT2D eigenvalue weighted by Gasteiger charge is 2.22. The molecule has 1 aromatic rings. The minimum Gasteiger partial charge on any atom is -0.496 e. The average Bonchev–Trinajstić information content (AvgIpc) is 2.45. The number of hydrogen-bond donors (Lipinski definition) is 2. The summed E-state index contributed by atoms with van der Waals surface area (Å²) in [4.78, 5) is 23.5. The van der Waals surface area contributed by atoms with Crippen molar-refractivity contribution in [3.8, 4) is 5.75 Å². The van der Waals surface area contributed by atoms with Crippen molar-refractivity contribution >= 4 is 11.9 Å². The van der Waals surface area contributed by atoms with Crippen LogP contribution in [0, 0.1) is 6.92 Å². The van der Waals surface area contributed by atoms with E-state index in [1.807, 2.05) is 27.7 Å². The van der Waals surface area contributed by atoms with E-state index in [9.17, 15) is 14.7 Å². The molecule has 0 aromatic heterocycles. The van der Waals surface area contributed by atoms with Crippen molar-refractivity contribution in [2.24, 2.45) is 0 Å². The summed E-state index contributed by atoms with van der Waals surface area (Å²) in [6.45, 7) is 7.78. The van der Waals surface area contributed by atoms with Crippen LogP contribution in [0.4, 0.5) is 0 Å². The molecule has 0 aliphatic heterocycles. The van der Waals surface area contributed by atoms with Crippen LogP contribution in [-0.4, -0.2) is 42.3 Å². The van der Waals surface area contributed by atoms with E-state index in [1.54, 1.807) is 18.2 Å². The third-order valence-electron chi connectivity index (χ3n) is 3.22. The van der Waals surface area contributed by atoms with E-state index < -0.39 is 17.9 Å². The predicted molar refractivity (Wildman–Crippen MR) is 86.9 cm³/mol. The van der Waals surface area contributed by atoms with Gasteiger partial charge < -0.3 is 19.9 Å². The minimum atomic E-state index is -1.09. The lowest BCUT2D eigenvalue weighted by molar-refractivity contribution is -0.140. The molecule has 0 saturated heterocycles. The van der Waals surface area contributed by atoms with Gasteiger partial charge in [0, 0.05) is 18.6 Å². The van der Waals surface area contributed by atoms with Gasteiger partial charge in [-0.25, -0.2) is 4.79 Å². The van der Waals surface area contributed by atoms with Crippen LogP contribution in [0.2, 0.25) is 0 Å². The lowest BCUT2D eigenvalue weighted by atomic mass is 10.1. The van der Waals surface area contributed by atoms with Crippen molar-refractivity contribution in [1.29, 1.82) is 0 Å². The summed E-state index contributed by atoms with van der Waals surface area (Å²) in [7, 11) is 1.52. The zero-order chi connectivity index (χ0) is 17.6. The molecule has 128 valence electrons. The third-order valence-corrected chi connectivity index (χ3v) is 3.22. The average molecular weight is 323 g/mol. The lowest BCUT2D eigenvalue weighted by Gasteiger charge is -2.21. The Hall–Kier alpha value is -2.08. The zero-order valence-electron chi connectivity index (χ0n) is 14.3. The Morgan fingerprint density at radius 1 is 1.30 bits per heavy atom. The number of hydrogen-bond acceptors (Lipinski definition) is 4. The zero-order valence-corrected chi connectivity index (χ0v) is 14.3. The maximum Gasteiger partial charge on any atom is 0.326 e. The fourth-order valence-electron chi connectivity index (χ4n) is 1.94. The quantitative estimate of drug-likeness (QED) is 0.805. The van der Waals surface area contributed by atoms with Crippen molar-refractivity contribution in [1.82, 2.24) is 5.32 Å². The minimum absolute atomic E-state index is 0.196. The number of aryl methyl sites for hydroxylation is 1. The molecule has 1 aromatic carbocycles. The summed E-state index contributed by atoms with van der Waals surface area (Å²) in [5.74, 6) is -0.956. The first-order valence-corrected chi connectivity index (χ1v) is 7.46. The standard InChI is InChI=1S/C17H25NO5/c1-11-6-7-12(10-14(11)22-5)15(19)18-13(16(20)21)8-9-23-17(2,3)4/h6-7,10,13H,8-9H2,1-5H3,(H,18,19)(H,20,21). The van der Waals surface area contributed by atoms with E-state index in [-0.39, 0.29) is 18.6 Å². The Morgan fingerprint density at radius 3 is 2.48 bits per heavy atom. The number of carbonyl (C=O) groups is 2. The molecule has 6 nitrogen and oxygen atoms in total. The predicted octanol–water partition coefficient (Wildman–Crippen LogP) is 2.39. The van der Waals surface area contributed by atoms with Crippen molar-refractivity contribution in [2.45, 2.75) is 45.8 Å². The van der Waals surface area contributed by atoms with Gasteiger partial charge in [0.15, 0.2) is 0 Å². The first-order chi connectivity index (χ1) is 10.6. The molecule has 0 bridgehead atoms. The van der Waals surface area contributed by atoms with Crippen LogP contribution in [0.15, 0.2) is 18.2 Å². The molecule has 0 fully saturated rings. The van der Waals surface area contributed by atoms with Gasteiger partial charge in [0.05, 0.1) is 12.7 Å². The number of nitrogens with one attached hydrogen (secondary N) is 1. The molecular formula is C17H25NO5.